The lowest BCUT2D eigenvalue weighted by Crippen LogP contribution is -1.96. The predicted octanol–water partition coefficient (Wildman–Crippen LogP) is 12.2. The Morgan fingerprint density at radius 1 is 0.528 bits per heavy atom. The Kier molecular flexibility index (Phi) is 6.79. The summed E-state index contributed by atoms with van der Waals surface area (Å²) in [5.41, 5.74) is 12.9. The average Bonchev–Trinajstić information content (AvgIpc) is 3.94. The number of hydrogen-bond donors (Lipinski definition) is 0. The van der Waals surface area contributed by atoms with Crippen LogP contribution in [0, 0.1) is 17.9 Å². The molecule has 10 rings (SSSR count). The Labute approximate surface area is 303 Å². The highest BCUT2D eigenvalue weighted by molar-refractivity contribution is 6.11. The fourth-order valence-corrected chi connectivity index (χ4v) is 7.10. The van der Waals surface area contributed by atoms with Gasteiger partial charge < -0.3 is 13.4 Å². The summed E-state index contributed by atoms with van der Waals surface area (Å²) >= 11 is 0. The van der Waals surface area contributed by atoms with Gasteiger partial charge in [0.15, 0.2) is 16.9 Å². The van der Waals surface area contributed by atoms with E-state index in [0.717, 1.165) is 83.1 Å². The molecule has 7 nitrogen and oxygen atoms in total. The first-order valence-electron chi connectivity index (χ1n) is 17.1. The van der Waals surface area contributed by atoms with E-state index in [9.17, 15) is 5.26 Å². The molecule has 0 unspecified atom stereocenters. The molecule has 7 aromatic carbocycles. The lowest BCUT2D eigenvalue weighted by atomic mass is 9.97. The molecule has 0 atom stereocenters. The van der Waals surface area contributed by atoms with Crippen molar-refractivity contribution in [2.45, 2.75) is 0 Å². The standard InChI is InChI=1S/C46H25N5O2/c1-48-35-18-14-30(15-19-35)34-22-33(29-12-10-28(27-47)11-13-29)23-36(24-34)51-41-20-16-31(45-49-39-6-2-4-8-43(39)52-45)25-37(41)38-26-32(17-21-42(38)51)46-50-40-7-3-5-9-44(40)53-46/h2-26H. The van der Waals surface area contributed by atoms with Crippen LogP contribution in [0.2, 0.25) is 0 Å². The van der Waals surface area contributed by atoms with Gasteiger partial charge in [0.2, 0.25) is 11.8 Å². The van der Waals surface area contributed by atoms with E-state index in [4.69, 9.17) is 25.4 Å². The van der Waals surface area contributed by atoms with Crippen LogP contribution in [0.25, 0.3) is 99.7 Å². The van der Waals surface area contributed by atoms with Gasteiger partial charge in [0, 0.05) is 27.6 Å². The Balaban J connectivity index is 1.23. The molecular weight excluding hydrogens is 655 g/mol. The van der Waals surface area contributed by atoms with Crippen molar-refractivity contribution in [1.29, 1.82) is 5.26 Å². The minimum absolute atomic E-state index is 0.553. The lowest BCUT2D eigenvalue weighted by molar-refractivity contribution is 0.619. The van der Waals surface area contributed by atoms with E-state index in [1.807, 2.05) is 97.1 Å². The van der Waals surface area contributed by atoms with E-state index in [-0.39, 0.29) is 0 Å². The highest BCUT2D eigenvalue weighted by Crippen LogP contribution is 2.40. The second-order valence-electron chi connectivity index (χ2n) is 12.9. The Morgan fingerprint density at radius 2 is 1.02 bits per heavy atom. The summed E-state index contributed by atoms with van der Waals surface area (Å²) in [5, 5.41) is 11.5. The van der Waals surface area contributed by atoms with Crippen LogP contribution in [-0.4, -0.2) is 14.5 Å². The maximum Gasteiger partial charge on any atom is 0.227 e. The lowest BCUT2D eigenvalue weighted by Gasteiger charge is -2.14. The third kappa shape index (κ3) is 5.12. The van der Waals surface area contributed by atoms with E-state index < -0.39 is 0 Å². The van der Waals surface area contributed by atoms with Crippen molar-refractivity contribution >= 4 is 49.7 Å². The molecule has 0 amide bonds. The summed E-state index contributed by atoms with van der Waals surface area (Å²) < 4.78 is 14.7. The summed E-state index contributed by atoms with van der Waals surface area (Å²) in [5.74, 6) is 1.11. The molecule has 0 bridgehead atoms. The molecule has 0 aliphatic rings. The van der Waals surface area contributed by atoms with Gasteiger partial charge in [0.25, 0.3) is 0 Å². The maximum absolute atomic E-state index is 9.47. The van der Waals surface area contributed by atoms with Crippen molar-refractivity contribution in [3.8, 4) is 56.9 Å². The zero-order chi connectivity index (χ0) is 35.5. The molecule has 3 aromatic heterocycles. The number of rotatable bonds is 5. The number of nitrogens with zero attached hydrogens (tertiary/aromatic N) is 5. The van der Waals surface area contributed by atoms with Gasteiger partial charge in [-0.15, -0.1) is 0 Å². The van der Waals surface area contributed by atoms with E-state index in [1.165, 1.54) is 0 Å². The zero-order valence-corrected chi connectivity index (χ0v) is 28.0. The molecule has 0 saturated carbocycles. The minimum atomic E-state index is 0.553. The second kappa shape index (κ2) is 11.9. The maximum atomic E-state index is 9.47. The number of para-hydroxylation sites is 4. The van der Waals surface area contributed by atoms with Gasteiger partial charge in [-0.2, -0.15) is 5.26 Å². The molecule has 0 radical (unpaired) electrons. The van der Waals surface area contributed by atoms with Crippen molar-refractivity contribution in [1.82, 2.24) is 14.5 Å². The van der Waals surface area contributed by atoms with Crippen LogP contribution in [0.5, 0.6) is 0 Å². The van der Waals surface area contributed by atoms with E-state index in [2.05, 4.69) is 70.1 Å². The largest absolute Gasteiger partial charge is 0.436 e. The SMILES string of the molecule is [C-]#[N+]c1ccc(-c2cc(-c3ccc(C#N)cc3)cc(-n3c4ccc(-c5nc6ccccc6o5)cc4c4cc(-c5nc6ccccc6o5)ccc43)c2)cc1. The molecule has 246 valence electrons. The summed E-state index contributed by atoms with van der Waals surface area (Å²) in [6.07, 6.45) is 0. The van der Waals surface area contributed by atoms with Crippen LogP contribution < -0.4 is 0 Å². The number of benzene rings is 7. The first-order valence-corrected chi connectivity index (χ1v) is 17.1. The Bertz CT molecular complexity index is 2860. The van der Waals surface area contributed by atoms with Crippen molar-refractivity contribution < 1.29 is 8.83 Å². The highest BCUT2D eigenvalue weighted by atomic mass is 16.4. The van der Waals surface area contributed by atoms with Gasteiger partial charge in [-0.05, 0) is 113 Å². The van der Waals surface area contributed by atoms with Gasteiger partial charge >= 0.3 is 0 Å². The van der Waals surface area contributed by atoms with Gasteiger partial charge in [-0.1, -0.05) is 60.7 Å². The molecule has 0 aliphatic carbocycles. The number of aromatic nitrogens is 3. The fourth-order valence-electron chi connectivity index (χ4n) is 7.10. The van der Waals surface area contributed by atoms with Crippen molar-refractivity contribution in [2.75, 3.05) is 0 Å². The van der Waals surface area contributed by atoms with Crippen LogP contribution in [0.1, 0.15) is 5.56 Å². The average molecular weight is 680 g/mol. The third-order valence-electron chi connectivity index (χ3n) is 9.70. The molecule has 53 heavy (non-hydrogen) atoms. The smallest absolute Gasteiger partial charge is 0.227 e. The van der Waals surface area contributed by atoms with Crippen LogP contribution in [0.4, 0.5) is 5.69 Å². The number of nitriles is 1. The second-order valence-corrected chi connectivity index (χ2v) is 12.9. The van der Waals surface area contributed by atoms with Crippen LogP contribution in [0.15, 0.2) is 160 Å². The minimum Gasteiger partial charge on any atom is -0.436 e. The summed E-state index contributed by atoms with van der Waals surface area (Å²) in [7, 11) is 0. The van der Waals surface area contributed by atoms with Gasteiger partial charge in [0.1, 0.15) is 11.0 Å². The van der Waals surface area contributed by atoms with Crippen LogP contribution in [-0.2, 0) is 0 Å². The molecule has 0 aliphatic heterocycles. The molecule has 7 heteroatoms. The van der Waals surface area contributed by atoms with Crippen molar-refractivity contribution in [3.63, 3.8) is 0 Å². The summed E-state index contributed by atoms with van der Waals surface area (Å²) in [6.45, 7) is 7.46. The van der Waals surface area contributed by atoms with Crippen molar-refractivity contribution in [2.24, 2.45) is 0 Å². The van der Waals surface area contributed by atoms with Crippen molar-refractivity contribution in [3.05, 3.63) is 169 Å². The van der Waals surface area contributed by atoms with Gasteiger partial charge in [-0.25, -0.2) is 14.8 Å². The van der Waals surface area contributed by atoms with Gasteiger partial charge in [0.05, 0.1) is 29.2 Å². The van der Waals surface area contributed by atoms with Crippen LogP contribution >= 0.6 is 0 Å². The monoisotopic (exact) mass is 679 g/mol. The molecule has 0 spiro atoms. The number of fused-ring (bicyclic) bond motifs is 5. The topological polar surface area (TPSA) is 85.1 Å². The third-order valence-corrected chi connectivity index (χ3v) is 9.70. The number of oxazole rings is 2. The van der Waals surface area contributed by atoms with E-state index >= 15 is 0 Å². The molecule has 0 saturated heterocycles. The molecule has 3 heterocycles. The first kappa shape index (κ1) is 30.1. The number of hydrogen-bond acceptors (Lipinski definition) is 5. The normalized spacial score (nSPS) is 11.4. The molecular formula is C46H25N5O2. The first-order chi connectivity index (χ1) is 26.1. The zero-order valence-electron chi connectivity index (χ0n) is 28.0. The molecule has 0 fully saturated rings. The Morgan fingerprint density at radius 3 is 1.51 bits per heavy atom. The molecule has 10 aromatic rings. The van der Waals surface area contributed by atoms with Crippen LogP contribution in [0.3, 0.4) is 0 Å². The quantitative estimate of drug-likeness (QED) is 0.169. The van der Waals surface area contributed by atoms with E-state index in [0.29, 0.717) is 23.0 Å². The predicted molar refractivity (Wildman–Crippen MR) is 209 cm³/mol. The summed E-state index contributed by atoms with van der Waals surface area (Å²) in [6, 6.07) is 52.2. The highest BCUT2D eigenvalue weighted by Gasteiger charge is 2.19. The fraction of sp³-hybridized carbons (Fsp3) is 0. The van der Waals surface area contributed by atoms with E-state index in [1.54, 1.807) is 0 Å². The summed E-state index contributed by atoms with van der Waals surface area (Å²) in [4.78, 5) is 13.2. The van der Waals surface area contributed by atoms with Gasteiger partial charge in [-0.3, -0.25) is 0 Å². The Hall–Kier alpha value is -7.74. The molecule has 0 N–H and O–H groups in total.